The molecule has 0 spiro atoms. The van der Waals surface area contributed by atoms with Crippen LogP contribution < -0.4 is 4.90 Å². The van der Waals surface area contributed by atoms with Gasteiger partial charge in [0.2, 0.25) is 5.91 Å². The van der Waals surface area contributed by atoms with E-state index in [0.717, 1.165) is 24.6 Å². The zero-order chi connectivity index (χ0) is 24.1. The lowest BCUT2D eigenvalue weighted by Gasteiger charge is -2.42. The molecule has 1 aliphatic carbocycles. The van der Waals surface area contributed by atoms with Gasteiger partial charge in [-0.1, -0.05) is 50.0 Å². The predicted octanol–water partition coefficient (Wildman–Crippen LogP) is 6.99. The molecule has 4 rings (SSSR count). The largest absolute Gasteiger partial charge is 0.291 e. The van der Waals surface area contributed by atoms with E-state index in [2.05, 4.69) is 39.6 Å². The van der Waals surface area contributed by atoms with E-state index >= 15 is 0 Å². The lowest BCUT2D eigenvalue weighted by atomic mass is 9.80. The molecule has 174 valence electrons. The fourth-order valence-corrected chi connectivity index (χ4v) is 5.31. The van der Waals surface area contributed by atoms with Crippen molar-refractivity contribution in [2.24, 2.45) is 11.3 Å². The van der Waals surface area contributed by atoms with Gasteiger partial charge < -0.3 is 0 Å². The fourth-order valence-electron chi connectivity index (χ4n) is 4.75. The number of halogens is 2. The van der Waals surface area contributed by atoms with Crippen molar-refractivity contribution in [1.29, 1.82) is 0 Å². The van der Waals surface area contributed by atoms with Crippen LogP contribution in [0.3, 0.4) is 0 Å². The average Bonchev–Trinajstić information content (AvgIpc) is 3.45. The monoisotopic (exact) mass is 485 g/mol. The predicted molar refractivity (Wildman–Crippen MR) is 134 cm³/mol. The molecular formula is C26H29Cl2N3O2. The molecule has 1 fully saturated rings. The van der Waals surface area contributed by atoms with E-state index in [1.165, 1.54) is 4.57 Å². The van der Waals surface area contributed by atoms with Gasteiger partial charge in [0, 0.05) is 35.3 Å². The summed E-state index contributed by atoms with van der Waals surface area (Å²) in [5, 5.41) is 1.38. The number of fused-ring (bicyclic) bond motifs is 1. The molecule has 3 aromatic rings. The number of aromatic nitrogens is 2. The molecule has 1 amide bonds. The summed E-state index contributed by atoms with van der Waals surface area (Å²) in [5.74, 6) is 0.352. The Morgan fingerprint density at radius 2 is 1.73 bits per heavy atom. The maximum absolute atomic E-state index is 13.4. The van der Waals surface area contributed by atoms with Crippen LogP contribution in [0.1, 0.15) is 64.2 Å². The van der Waals surface area contributed by atoms with Crippen LogP contribution in [0.25, 0.3) is 10.9 Å². The Morgan fingerprint density at radius 1 is 1.09 bits per heavy atom. The van der Waals surface area contributed by atoms with Crippen molar-refractivity contribution in [2.45, 2.75) is 59.4 Å². The number of hydrogen-bond acceptors (Lipinski definition) is 3. The maximum atomic E-state index is 13.4. The van der Waals surface area contributed by atoms with Crippen molar-refractivity contribution in [3.8, 4) is 0 Å². The first-order chi connectivity index (χ1) is 15.4. The van der Waals surface area contributed by atoms with Gasteiger partial charge in [-0.15, -0.1) is 0 Å². The zero-order valence-corrected chi connectivity index (χ0v) is 21.2. The number of rotatable bonds is 5. The van der Waals surface area contributed by atoms with Crippen molar-refractivity contribution in [3.05, 3.63) is 58.3 Å². The first-order valence-electron chi connectivity index (χ1n) is 11.2. The van der Waals surface area contributed by atoms with E-state index in [4.69, 9.17) is 23.2 Å². The summed E-state index contributed by atoms with van der Waals surface area (Å²) in [4.78, 5) is 33.3. The van der Waals surface area contributed by atoms with Crippen LogP contribution in [-0.4, -0.2) is 26.9 Å². The molecule has 0 unspecified atom stereocenters. The molecule has 2 aromatic heterocycles. The van der Waals surface area contributed by atoms with E-state index in [0.29, 0.717) is 21.4 Å². The van der Waals surface area contributed by atoms with E-state index in [-0.39, 0.29) is 28.7 Å². The number of hydrogen-bond donors (Lipinski definition) is 0. The Hall–Kier alpha value is -2.37. The first-order valence-corrected chi connectivity index (χ1v) is 11.9. The number of nitrogens with zero attached hydrogens (tertiary/aromatic N) is 3. The van der Waals surface area contributed by atoms with E-state index < -0.39 is 5.54 Å². The number of amides is 1. The van der Waals surface area contributed by atoms with Gasteiger partial charge in [0.05, 0.1) is 21.1 Å². The minimum Gasteiger partial charge on any atom is -0.291 e. The maximum Gasteiger partial charge on any atom is 0.265 e. The van der Waals surface area contributed by atoms with Crippen LogP contribution in [0.2, 0.25) is 10.0 Å². The lowest BCUT2D eigenvalue weighted by molar-refractivity contribution is -0.121. The van der Waals surface area contributed by atoms with Crippen molar-refractivity contribution in [2.75, 3.05) is 4.90 Å². The Bertz CT molecular complexity index is 1220. The highest BCUT2D eigenvalue weighted by Gasteiger charge is 2.42. The van der Waals surface area contributed by atoms with Gasteiger partial charge in [0.1, 0.15) is 5.82 Å². The molecule has 1 saturated carbocycles. The highest BCUT2D eigenvalue weighted by Crippen LogP contribution is 2.40. The molecule has 33 heavy (non-hydrogen) atoms. The third-order valence-corrected chi connectivity index (χ3v) is 6.53. The molecule has 0 bridgehead atoms. The number of pyridine rings is 1. The van der Waals surface area contributed by atoms with E-state index in [1.807, 2.05) is 17.0 Å². The summed E-state index contributed by atoms with van der Waals surface area (Å²) in [6, 6.07) is 8.63. The minimum absolute atomic E-state index is 0.0205. The third-order valence-electron chi connectivity index (χ3n) is 5.90. The Balaban J connectivity index is 1.82. The SMILES string of the molecule is CC(C)(C)CC(C)(C)N(C(=O)C1CC1)c1cc2c(ccn2C(=O)c2c(Cl)cccc2Cl)cn1. The van der Waals surface area contributed by atoms with Crippen molar-refractivity contribution in [1.82, 2.24) is 9.55 Å². The van der Waals surface area contributed by atoms with Crippen molar-refractivity contribution < 1.29 is 9.59 Å². The molecular weight excluding hydrogens is 457 g/mol. The first kappa shape index (κ1) is 23.8. The molecule has 0 radical (unpaired) electrons. The Morgan fingerprint density at radius 3 is 2.30 bits per heavy atom. The lowest BCUT2D eigenvalue weighted by Crippen LogP contribution is -2.51. The summed E-state index contributed by atoms with van der Waals surface area (Å²) in [6.07, 6.45) is 6.01. The Kier molecular flexibility index (Phi) is 6.08. The second-order valence-electron chi connectivity index (χ2n) is 10.7. The van der Waals surface area contributed by atoms with Gasteiger partial charge in [-0.3, -0.25) is 19.1 Å². The molecule has 5 nitrogen and oxygen atoms in total. The number of carbonyl (C=O) groups excluding carboxylic acids is 2. The van der Waals surface area contributed by atoms with Gasteiger partial charge in [-0.05, 0) is 56.7 Å². The molecule has 0 N–H and O–H groups in total. The normalized spacial score (nSPS) is 14.5. The van der Waals surface area contributed by atoms with E-state index in [1.54, 1.807) is 30.6 Å². The molecule has 1 aliphatic rings. The quantitative estimate of drug-likeness (QED) is 0.391. The molecule has 0 atom stereocenters. The average molecular weight is 486 g/mol. The van der Waals surface area contributed by atoms with Crippen LogP contribution in [0.4, 0.5) is 5.82 Å². The van der Waals surface area contributed by atoms with Gasteiger partial charge in [-0.2, -0.15) is 0 Å². The third kappa shape index (κ3) is 4.80. The van der Waals surface area contributed by atoms with Crippen LogP contribution in [0, 0.1) is 11.3 Å². The van der Waals surface area contributed by atoms with Crippen LogP contribution >= 0.6 is 23.2 Å². The van der Waals surface area contributed by atoms with Gasteiger partial charge in [-0.25, -0.2) is 4.98 Å². The molecule has 2 heterocycles. The van der Waals surface area contributed by atoms with Gasteiger partial charge >= 0.3 is 0 Å². The topological polar surface area (TPSA) is 55.2 Å². The van der Waals surface area contributed by atoms with Crippen LogP contribution in [0.15, 0.2) is 42.7 Å². The summed E-state index contributed by atoms with van der Waals surface area (Å²) >= 11 is 12.6. The van der Waals surface area contributed by atoms with Crippen LogP contribution in [-0.2, 0) is 4.79 Å². The van der Waals surface area contributed by atoms with Gasteiger partial charge in [0.25, 0.3) is 5.91 Å². The zero-order valence-electron chi connectivity index (χ0n) is 19.7. The smallest absolute Gasteiger partial charge is 0.265 e. The standard InChI is InChI=1S/C26H29Cl2N3O2/c1-25(2,3)15-26(4,5)31(23(32)16-9-10-16)21-13-20-17(14-29-21)11-12-30(20)24(33)22-18(27)7-6-8-19(22)28/h6-8,11-14,16H,9-10,15H2,1-5H3. The molecule has 7 heteroatoms. The van der Waals surface area contributed by atoms with Crippen LogP contribution in [0.5, 0.6) is 0 Å². The summed E-state index contributed by atoms with van der Waals surface area (Å²) in [6.45, 7) is 10.7. The van der Waals surface area contributed by atoms with E-state index in [9.17, 15) is 9.59 Å². The highest BCUT2D eigenvalue weighted by atomic mass is 35.5. The molecule has 1 aromatic carbocycles. The molecule has 0 aliphatic heterocycles. The number of carbonyl (C=O) groups is 2. The molecule has 0 saturated heterocycles. The Labute approximate surface area is 204 Å². The fraction of sp³-hybridized carbons (Fsp3) is 0.423. The second kappa shape index (κ2) is 8.44. The summed E-state index contributed by atoms with van der Waals surface area (Å²) < 4.78 is 1.52. The van der Waals surface area contributed by atoms with Crippen molar-refractivity contribution >= 4 is 51.7 Å². The highest BCUT2D eigenvalue weighted by molar-refractivity contribution is 6.40. The van der Waals surface area contributed by atoms with Gasteiger partial charge in [0.15, 0.2) is 0 Å². The minimum atomic E-state index is -0.452. The van der Waals surface area contributed by atoms with Crippen molar-refractivity contribution in [3.63, 3.8) is 0 Å². The number of anilines is 1. The number of benzene rings is 1. The summed E-state index contributed by atoms with van der Waals surface area (Å²) in [7, 11) is 0. The summed E-state index contributed by atoms with van der Waals surface area (Å²) in [5.41, 5.74) is 0.468. The second-order valence-corrected chi connectivity index (χ2v) is 11.5.